The minimum Gasteiger partial charge on any atom is -0.409 e. The number of benzene rings is 1. The standard InChI is InChI=1S/C15H18ClF3N2O/c16-12-2-1-3-13(9-12)20-14(21-22)8-10-4-6-11(7-5-10)15(17,18)19/h1-3,9-11,22H,4-8H2,(H,20,21)/t10-,11+. The third kappa shape index (κ3) is 4.80. The van der Waals surface area contributed by atoms with E-state index in [1.807, 2.05) is 0 Å². The molecule has 0 radical (unpaired) electrons. The Morgan fingerprint density at radius 1 is 1.27 bits per heavy atom. The second-order valence-corrected chi connectivity index (χ2v) is 6.08. The van der Waals surface area contributed by atoms with Crippen molar-refractivity contribution in [1.29, 1.82) is 0 Å². The van der Waals surface area contributed by atoms with Gasteiger partial charge in [0.2, 0.25) is 0 Å². The maximum Gasteiger partial charge on any atom is 0.391 e. The SMILES string of the molecule is O/N=C(/C[C@H]1CC[C@@H](C(F)(F)F)CC1)Nc1cccc(Cl)c1. The van der Waals surface area contributed by atoms with E-state index in [-0.39, 0.29) is 18.8 Å². The van der Waals surface area contributed by atoms with Crippen LogP contribution in [0.5, 0.6) is 0 Å². The fourth-order valence-corrected chi connectivity index (χ4v) is 3.01. The molecule has 1 aromatic rings. The molecular formula is C15H18ClF3N2O. The smallest absolute Gasteiger partial charge is 0.391 e. The Labute approximate surface area is 132 Å². The summed E-state index contributed by atoms with van der Waals surface area (Å²) in [6.07, 6.45) is -2.42. The molecule has 3 nitrogen and oxygen atoms in total. The van der Waals surface area contributed by atoms with E-state index >= 15 is 0 Å². The minimum absolute atomic E-state index is 0.0937. The van der Waals surface area contributed by atoms with Gasteiger partial charge in [0.25, 0.3) is 0 Å². The van der Waals surface area contributed by atoms with Gasteiger partial charge in [-0.15, -0.1) is 0 Å². The number of rotatable bonds is 3. The Morgan fingerprint density at radius 3 is 2.50 bits per heavy atom. The molecule has 0 atom stereocenters. The van der Waals surface area contributed by atoms with Crippen LogP contribution in [0.15, 0.2) is 29.4 Å². The Morgan fingerprint density at radius 2 is 1.95 bits per heavy atom. The van der Waals surface area contributed by atoms with Crippen LogP contribution in [0.25, 0.3) is 0 Å². The van der Waals surface area contributed by atoms with Crippen LogP contribution in [0, 0.1) is 11.8 Å². The number of nitrogens with zero attached hydrogens (tertiary/aromatic N) is 1. The van der Waals surface area contributed by atoms with E-state index in [1.165, 1.54) is 0 Å². The number of anilines is 1. The predicted molar refractivity (Wildman–Crippen MR) is 80.4 cm³/mol. The largest absolute Gasteiger partial charge is 0.409 e. The molecule has 1 saturated carbocycles. The van der Waals surface area contributed by atoms with Crippen molar-refractivity contribution in [3.8, 4) is 0 Å². The topological polar surface area (TPSA) is 44.6 Å². The first-order valence-corrected chi connectivity index (χ1v) is 7.56. The van der Waals surface area contributed by atoms with Crippen LogP contribution in [0.4, 0.5) is 18.9 Å². The molecule has 1 aromatic carbocycles. The summed E-state index contributed by atoms with van der Waals surface area (Å²) in [6.45, 7) is 0. The highest BCUT2D eigenvalue weighted by molar-refractivity contribution is 6.30. The third-order valence-corrected chi connectivity index (χ3v) is 4.26. The summed E-state index contributed by atoms with van der Waals surface area (Å²) < 4.78 is 37.9. The molecule has 22 heavy (non-hydrogen) atoms. The van der Waals surface area contributed by atoms with Crippen molar-refractivity contribution in [2.24, 2.45) is 17.0 Å². The predicted octanol–water partition coefficient (Wildman–Crippen LogP) is 5.30. The molecule has 1 aliphatic carbocycles. The monoisotopic (exact) mass is 334 g/mol. The number of halogens is 4. The molecule has 0 aliphatic heterocycles. The van der Waals surface area contributed by atoms with Crippen molar-refractivity contribution < 1.29 is 18.4 Å². The fraction of sp³-hybridized carbons (Fsp3) is 0.533. The minimum atomic E-state index is -4.10. The molecule has 2 rings (SSSR count). The van der Waals surface area contributed by atoms with Gasteiger partial charge >= 0.3 is 6.18 Å². The summed E-state index contributed by atoms with van der Waals surface area (Å²) in [5.74, 6) is -0.756. The van der Waals surface area contributed by atoms with E-state index in [0.717, 1.165) is 0 Å². The van der Waals surface area contributed by atoms with Crippen molar-refractivity contribution >= 4 is 23.1 Å². The van der Waals surface area contributed by atoms with Gasteiger partial charge in [-0.05, 0) is 49.8 Å². The van der Waals surface area contributed by atoms with E-state index in [4.69, 9.17) is 16.8 Å². The highest BCUT2D eigenvalue weighted by Gasteiger charge is 2.41. The summed E-state index contributed by atoms with van der Waals surface area (Å²) in [6, 6.07) is 6.94. The zero-order valence-electron chi connectivity index (χ0n) is 11.9. The van der Waals surface area contributed by atoms with Gasteiger partial charge in [0.05, 0.1) is 5.92 Å². The van der Waals surface area contributed by atoms with Crippen molar-refractivity contribution in [2.75, 3.05) is 5.32 Å². The Balaban J connectivity index is 1.87. The number of amidine groups is 1. The van der Waals surface area contributed by atoms with Crippen LogP contribution in [-0.4, -0.2) is 17.2 Å². The zero-order chi connectivity index (χ0) is 16.2. The van der Waals surface area contributed by atoms with Gasteiger partial charge in [0.1, 0.15) is 5.84 Å². The van der Waals surface area contributed by atoms with Crippen molar-refractivity contribution in [2.45, 2.75) is 38.3 Å². The summed E-state index contributed by atoms with van der Waals surface area (Å²) >= 11 is 5.87. The number of hydrogen-bond acceptors (Lipinski definition) is 2. The quantitative estimate of drug-likeness (QED) is 0.341. The van der Waals surface area contributed by atoms with Gasteiger partial charge in [-0.25, -0.2) is 0 Å². The molecule has 122 valence electrons. The maximum absolute atomic E-state index is 12.6. The molecule has 1 aliphatic rings. The van der Waals surface area contributed by atoms with Crippen LogP contribution >= 0.6 is 11.6 Å². The second kappa shape index (κ2) is 7.22. The highest BCUT2D eigenvalue weighted by atomic mass is 35.5. The molecule has 0 heterocycles. The normalized spacial score (nSPS) is 23.4. The van der Waals surface area contributed by atoms with Gasteiger partial charge in [0.15, 0.2) is 0 Å². The highest BCUT2D eigenvalue weighted by Crippen LogP contribution is 2.40. The van der Waals surface area contributed by atoms with E-state index in [1.54, 1.807) is 24.3 Å². The summed E-state index contributed by atoms with van der Waals surface area (Å²) in [7, 11) is 0. The lowest BCUT2D eigenvalue weighted by Gasteiger charge is -2.29. The van der Waals surface area contributed by atoms with Crippen LogP contribution in [-0.2, 0) is 0 Å². The molecule has 0 aromatic heterocycles. The van der Waals surface area contributed by atoms with Gasteiger partial charge in [-0.2, -0.15) is 13.2 Å². The van der Waals surface area contributed by atoms with Gasteiger partial charge in [-0.1, -0.05) is 22.8 Å². The molecule has 7 heteroatoms. The van der Waals surface area contributed by atoms with E-state index in [9.17, 15) is 13.2 Å². The van der Waals surface area contributed by atoms with Gasteiger partial charge in [-0.3, -0.25) is 0 Å². The Hall–Kier alpha value is -1.43. The number of alkyl halides is 3. The van der Waals surface area contributed by atoms with E-state index in [0.29, 0.717) is 35.8 Å². The second-order valence-electron chi connectivity index (χ2n) is 5.65. The van der Waals surface area contributed by atoms with Crippen molar-refractivity contribution in [1.82, 2.24) is 0 Å². The lowest BCUT2D eigenvalue weighted by atomic mass is 9.80. The van der Waals surface area contributed by atoms with Crippen LogP contribution in [0.1, 0.15) is 32.1 Å². The molecule has 0 bridgehead atoms. The lowest BCUT2D eigenvalue weighted by molar-refractivity contribution is -0.183. The van der Waals surface area contributed by atoms with Crippen LogP contribution in [0.3, 0.4) is 0 Å². The van der Waals surface area contributed by atoms with Crippen LogP contribution < -0.4 is 5.32 Å². The molecule has 0 unspecified atom stereocenters. The molecular weight excluding hydrogens is 317 g/mol. The number of hydrogen-bond donors (Lipinski definition) is 2. The van der Waals surface area contributed by atoms with E-state index < -0.39 is 12.1 Å². The molecule has 0 spiro atoms. The Kier molecular flexibility index (Phi) is 5.56. The summed E-state index contributed by atoms with van der Waals surface area (Å²) in [5, 5.41) is 15.8. The summed E-state index contributed by atoms with van der Waals surface area (Å²) in [4.78, 5) is 0. The van der Waals surface area contributed by atoms with Crippen molar-refractivity contribution in [3.05, 3.63) is 29.3 Å². The lowest BCUT2D eigenvalue weighted by Crippen LogP contribution is -2.29. The maximum atomic E-state index is 12.6. The zero-order valence-corrected chi connectivity index (χ0v) is 12.7. The first-order chi connectivity index (χ1) is 10.4. The number of nitrogens with one attached hydrogen (secondary N) is 1. The first-order valence-electron chi connectivity index (χ1n) is 7.18. The van der Waals surface area contributed by atoms with E-state index in [2.05, 4.69) is 10.5 Å². The third-order valence-electron chi connectivity index (χ3n) is 4.03. The molecule has 0 amide bonds. The van der Waals surface area contributed by atoms with Gasteiger partial charge < -0.3 is 10.5 Å². The molecule has 0 saturated heterocycles. The Bertz CT molecular complexity index is 526. The van der Waals surface area contributed by atoms with Crippen LogP contribution in [0.2, 0.25) is 5.02 Å². The van der Waals surface area contributed by atoms with Gasteiger partial charge in [0, 0.05) is 17.1 Å². The summed E-state index contributed by atoms with van der Waals surface area (Å²) in [5.41, 5.74) is 0.685. The average molecular weight is 335 g/mol. The molecule has 2 N–H and O–H groups in total. The molecule has 1 fully saturated rings. The fourth-order valence-electron chi connectivity index (χ4n) is 2.82. The number of oxime groups is 1. The first kappa shape index (κ1) is 16.9. The van der Waals surface area contributed by atoms with Crippen molar-refractivity contribution in [3.63, 3.8) is 0 Å². The average Bonchev–Trinajstić information content (AvgIpc) is 2.46.